The fourth-order valence-electron chi connectivity index (χ4n) is 4.69. The Labute approximate surface area is 224 Å². The van der Waals surface area contributed by atoms with Gasteiger partial charge in [0.15, 0.2) is 11.6 Å². The van der Waals surface area contributed by atoms with E-state index in [0.717, 1.165) is 22.3 Å². The number of methoxy groups -OCH3 is 1. The Bertz CT molecular complexity index is 1550. The molecule has 11 heteroatoms. The second kappa shape index (κ2) is 10.9. The van der Waals surface area contributed by atoms with Gasteiger partial charge in [-0.3, -0.25) is 9.78 Å². The number of pyridine rings is 1. The van der Waals surface area contributed by atoms with Crippen molar-refractivity contribution in [3.05, 3.63) is 99.9 Å². The lowest BCUT2D eigenvalue weighted by Crippen LogP contribution is -2.34. The fraction of sp³-hybridized carbons (Fsp3) is 0.250. The summed E-state index contributed by atoms with van der Waals surface area (Å²) in [6, 6.07) is 11.0. The Balaban J connectivity index is 1.31. The van der Waals surface area contributed by atoms with Gasteiger partial charge in [-0.05, 0) is 60.2 Å². The Morgan fingerprint density at radius 1 is 1.13 bits per heavy atom. The smallest absolute Gasteiger partial charge is 0.407 e. The van der Waals surface area contributed by atoms with E-state index in [9.17, 15) is 14.7 Å². The molecule has 0 saturated carbocycles. The van der Waals surface area contributed by atoms with Gasteiger partial charge >= 0.3 is 6.09 Å². The van der Waals surface area contributed by atoms with E-state index in [2.05, 4.69) is 20.6 Å². The van der Waals surface area contributed by atoms with Gasteiger partial charge < -0.3 is 20.1 Å². The number of rotatable bonds is 7. The van der Waals surface area contributed by atoms with E-state index in [1.807, 2.05) is 18.2 Å². The topological polar surface area (TPSA) is 122 Å². The minimum absolute atomic E-state index is 0.0556. The highest BCUT2D eigenvalue weighted by molar-refractivity contribution is 5.94. The first kappa shape index (κ1) is 25.8. The molecule has 0 spiro atoms. The summed E-state index contributed by atoms with van der Waals surface area (Å²) in [5.41, 5.74) is 5.60. The number of carboxylic acid groups (broad SMARTS) is 1. The van der Waals surface area contributed by atoms with Crippen LogP contribution in [0.25, 0.3) is 5.69 Å². The van der Waals surface area contributed by atoms with Crippen LogP contribution >= 0.6 is 0 Å². The third-order valence-corrected chi connectivity index (χ3v) is 6.70. The second-order valence-corrected chi connectivity index (χ2v) is 9.38. The molecule has 0 atom stereocenters. The third kappa shape index (κ3) is 5.57. The molecular weight excluding hydrogens is 503 g/mol. The van der Waals surface area contributed by atoms with Gasteiger partial charge in [0.2, 0.25) is 0 Å². The summed E-state index contributed by atoms with van der Waals surface area (Å²) in [7, 11) is 1.38. The zero-order chi connectivity index (χ0) is 27.5. The molecule has 1 aliphatic rings. The van der Waals surface area contributed by atoms with E-state index in [0.29, 0.717) is 42.9 Å². The van der Waals surface area contributed by atoms with Crippen molar-refractivity contribution in [2.75, 3.05) is 13.7 Å². The van der Waals surface area contributed by atoms with Crippen molar-refractivity contribution in [2.24, 2.45) is 0 Å². The van der Waals surface area contributed by atoms with Gasteiger partial charge in [0.05, 0.1) is 30.3 Å². The summed E-state index contributed by atoms with van der Waals surface area (Å²) < 4.78 is 21.8. The number of carbonyl (C=O) groups is 2. The lowest BCUT2D eigenvalue weighted by molar-refractivity contribution is 0.0950. The number of benzene rings is 2. The highest BCUT2D eigenvalue weighted by Crippen LogP contribution is 2.26. The largest absolute Gasteiger partial charge is 0.494 e. The maximum absolute atomic E-state index is 15.2. The zero-order valence-electron chi connectivity index (χ0n) is 21.5. The number of aryl methyl sites for hydroxylation is 1. The van der Waals surface area contributed by atoms with Crippen LogP contribution in [0.1, 0.15) is 43.9 Å². The molecule has 0 unspecified atom stereocenters. The van der Waals surface area contributed by atoms with Crippen molar-refractivity contribution in [2.45, 2.75) is 32.9 Å². The first-order valence-electron chi connectivity index (χ1n) is 12.4. The van der Waals surface area contributed by atoms with Crippen LogP contribution in [0.4, 0.5) is 9.18 Å². The van der Waals surface area contributed by atoms with E-state index in [1.165, 1.54) is 29.0 Å². The molecule has 39 heavy (non-hydrogen) atoms. The van der Waals surface area contributed by atoms with Crippen molar-refractivity contribution >= 4 is 12.0 Å². The monoisotopic (exact) mass is 530 g/mol. The number of halogens is 1. The van der Waals surface area contributed by atoms with Gasteiger partial charge in [0, 0.05) is 37.6 Å². The third-order valence-electron chi connectivity index (χ3n) is 6.70. The van der Waals surface area contributed by atoms with Gasteiger partial charge in [0.1, 0.15) is 0 Å². The van der Waals surface area contributed by atoms with Crippen LogP contribution in [-0.4, -0.2) is 55.6 Å². The lowest BCUT2D eigenvalue weighted by Gasteiger charge is -2.26. The van der Waals surface area contributed by atoms with Crippen LogP contribution in [0.15, 0.2) is 55.0 Å². The lowest BCUT2D eigenvalue weighted by atomic mass is 9.95. The molecule has 0 radical (unpaired) electrons. The van der Waals surface area contributed by atoms with E-state index < -0.39 is 17.8 Å². The predicted octanol–water partition coefficient (Wildman–Crippen LogP) is 3.68. The molecule has 0 bridgehead atoms. The van der Waals surface area contributed by atoms with Gasteiger partial charge in [-0.25, -0.2) is 13.9 Å². The zero-order valence-corrected chi connectivity index (χ0v) is 21.5. The molecule has 10 nitrogen and oxygen atoms in total. The molecule has 0 fully saturated rings. The van der Waals surface area contributed by atoms with Gasteiger partial charge in [-0.15, -0.1) is 5.10 Å². The maximum Gasteiger partial charge on any atom is 0.407 e. The number of hydrogen-bond donors (Lipinski definition) is 2. The van der Waals surface area contributed by atoms with E-state index in [4.69, 9.17) is 4.74 Å². The van der Waals surface area contributed by atoms with Crippen LogP contribution in [0.5, 0.6) is 5.75 Å². The summed E-state index contributed by atoms with van der Waals surface area (Å²) in [5.74, 6) is -0.945. The SMILES string of the molecule is COc1ccc(-n2cc(C)nn2)c(CNC(=O)c2cncc(Cc3ccc4c(c3)CN(C(=O)O)CC4)c2)c1F. The van der Waals surface area contributed by atoms with Gasteiger partial charge in [-0.1, -0.05) is 23.4 Å². The standard InChI is InChI=1S/C28H27FN6O4/c1-17-15-35(33-32-17)24-5-6-25(39-2)26(29)23(24)14-31-27(36)21-11-19(12-30-13-21)9-18-3-4-20-7-8-34(28(37)38)16-22(20)10-18/h3-6,10-13,15H,7-9,14,16H2,1-2H3,(H,31,36)(H,37,38). The summed E-state index contributed by atoms with van der Waals surface area (Å²) >= 11 is 0. The van der Waals surface area contributed by atoms with E-state index in [1.54, 1.807) is 31.5 Å². The van der Waals surface area contributed by atoms with Gasteiger partial charge in [-0.2, -0.15) is 0 Å². The molecule has 4 aromatic rings. The average molecular weight is 531 g/mol. The minimum Gasteiger partial charge on any atom is -0.494 e. The first-order chi connectivity index (χ1) is 18.8. The molecule has 0 aliphatic carbocycles. The fourth-order valence-corrected chi connectivity index (χ4v) is 4.69. The number of carbonyl (C=O) groups excluding carboxylic acids is 1. The van der Waals surface area contributed by atoms with Crippen molar-refractivity contribution < 1.29 is 23.8 Å². The van der Waals surface area contributed by atoms with Crippen molar-refractivity contribution in [3.8, 4) is 11.4 Å². The second-order valence-electron chi connectivity index (χ2n) is 9.38. The molecule has 0 saturated heterocycles. The van der Waals surface area contributed by atoms with Crippen LogP contribution in [0.2, 0.25) is 0 Å². The Kier molecular flexibility index (Phi) is 7.22. The molecule has 2 amide bonds. The number of amides is 2. The van der Waals surface area contributed by atoms with Crippen molar-refractivity contribution in [3.63, 3.8) is 0 Å². The molecule has 2 aromatic carbocycles. The van der Waals surface area contributed by atoms with E-state index in [-0.39, 0.29) is 17.9 Å². The predicted molar refractivity (Wildman–Crippen MR) is 139 cm³/mol. The summed E-state index contributed by atoms with van der Waals surface area (Å²) in [5, 5.41) is 20.1. The number of ether oxygens (including phenoxy) is 1. The molecule has 3 heterocycles. The van der Waals surface area contributed by atoms with Crippen LogP contribution in [0.3, 0.4) is 0 Å². The summed E-state index contributed by atoms with van der Waals surface area (Å²) in [6.45, 7) is 2.52. The van der Waals surface area contributed by atoms with Crippen LogP contribution in [-0.2, 0) is 25.9 Å². The highest BCUT2D eigenvalue weighted by Gasteiger charge is 2.21. The summed E-state index contributed by atoms with van der Waals surface area (Å²) in [6.07, 6.45) is 5.10. The number of aromatic nitrogens is 4. The van der Waals surface area contributed by atoms with Crippen LogP contribution in [0, 0.1) is 12.7 Å². The maximum atomic E-state index is 15.2. The number of nitrogens with zero attached hydrogens (tertiary/aromatic N) is 5. The molecule has 200 valence electrons. The van der Waals surface area contributed by atoms with Gasteiger partial charge in [0.25, 0.3) is 5.91 Å². The molecule has 2 N–H and O–H groups in total. The van der Waals surface area contributed by atoms with Crippen molar-refractivity contribution in [1.29, 1.82) is 0 Å². The Hall–Kier alpha value is -4.80. The number of fused-ring (bicyclic) bond motifs is 1. The Morgan fingerprint density at radius 2 is 1.97 bits per heavy atom. The molecule has 5 rings (SSSR count). The van der Waals surface area contributed by atoms with Crippen molar-refractivity contribution in [1.82, 2.24) is 30.2 Å². The van der Waals surface area contributed by atoms with E-state index >= 15 is 4.39 Å². The van der Waals surface area contributed by atoms with Crippen LogP contribution < -0.4 is 10.1 Å². The quantitative estimate of drug-likeness (QED) is 0.374. The average Bonchev–Trinajstić information content (AvgIpc) is 3.37. The highest BCUT2D eigenvalue weighted by atomic mass is 19.1. The summed E-state index contributed by atoms with van der Waals surface area (Å²) in [4.78, 5) is 30.0. The first-order valence-corrected chi connectivity index (χ1v) is 12.4. The number of nitrogens with one attached hydrogen (secondary N) is 1. The Morgan fingerprint density at radius 3 is 2.72 bits per heavy atom. The molecule has 1 aliphatic heterocycles. The number of hydrogen-bond acceptors (Lipinski definition) is 6. The normalized spacial score (nSPS) is 12.6. The molecule has 2 aromatic heterocycles. The minimum atomic E-state index is -0.925. The molecular formula is C28H27FN6O4.